The normalized spacial score (nSPS) is 14.7. The Morgan fingerprint density at radius 2 is 2.04 bits per heavy atom. The molecule has 1 aromatic carbocycles. The van der Waals surface area contributed by atoms with Crippen LogP contribution in [0.3, 0.4) is 0 Å². The van der Waals surface area contributed by atoms with Gasteiger partial charge in [-0.15, -0.1) is 11.3 Å². The Hall–Kier alpha value is -2.14. The Morgan fingerprint density at radius 3 is 2.64 bits per heavy atom. The number of phenols is 1. The number of rotatable bonds is 4. The van der Waals surface area contributed by atoms with Crippen molar-refractivity contribution < 1.29 is 9.90 Å². The third-order valence-electron chi connectivity index (χ3n) is 4.33. The molecular formula is C20H24N2O2S. The van der Waals surface area contributed by atoms with Gasteiger partial charge in [0.2, 0.25) is 0 Å². The second-order valence-electron chi connectivity index (χ2n) is 6.88. The highest BCUT2D eigenvalue weighted by Gasteiger charge is 2.24. The van der Waals surface area contributed by atoms with Crippen molar-refractivity contribution in [3.8, 4) is 5.75 Å². The molecule has 0 saturated heterocycles. The molecule has 0 spiro atoms. The smallest absolute Gasteiger partial charge is 0.266 e. The molecule has 3 rings (SSSR count). The third-order valence-corrected chi connectivity index (χ3v) is 5.34. The van der Waals surface area contributed by atoms with Gasteiger partial charge in [0, 0.05) is 13.1 Å². The summed E-state index contributed by atoms with van der Waals surface area (Å²) < 4.78 is 0. The van der Waals surface area contributed by atoms with E-state index in [-0.39, 0.29) is 11.7 Å². The first kappa shape index (κ1) is 17.7. The summed E-state index contributed by atoms with van der Waals surface area (Å²) in [4.78, 5) is 20.2. The Balaban J connectivity index is 1.74. The van der Waals surface area contributed by atoms with Gasteiger partial charge in [0.25, 0.3) is 5.91 Å². The molecule has 4 nitrogen and oxygen atoms in total. The van der Waals surface area contributed by atoms with Crippen molar-refractivity contribution in [2.75, 3.05) is 13.1 Å². The molecule has 1 amide bonds. The zero-order valence-corrected chi connectivity index (χ0v) is 15.8. The van der Waals surface area contributed by atoms with Crippen molar-refractivity contribution in [2.24, 2.45) is 5.92 Å². The zero-order chi connectivity index (χ0) is 18.0. The lowest BCUT2D eigenvalue weighted by Gasteiger charge is -2.26. The number of carbonyl (C=O) groups is 1. The van der Waals surface area contributed by atoms with Crippen molar-refractivity contribution >= 4 is 22.8 Å². The third kappa shape index (κ3) is 4.10. The van der Waals surface area contributed by atoms with Crippen LogP contribution in [-0.2, 0) is 6.42 Å². The first-order chi connectivity index (χ1) is 11.9. The summed E-state index contributed by atoms with van der Waals surface area (Å²) in [5.41, 5.74) is 3.28. The first-order valence-corrected chi connectivity index (χ1v) is 9.49. The van der Waals surface area contributed by atoms with Gasteiger partial charge in [-0.1, -0.05) is 32.1 Å². The van der Waals surface area contributed by atoms with Gasteiger partial charge >= 0.3 is 0 Å². The largest absolute Gasteiger partial charge is 0.508 e. The highest BCUT2D eigenvalue weighted by Crippen LogP contribution is 2.27. The van der Waals surface area contributed by atoms with E-state index in [1.807, 2.05) is 24.0 Å². The van der Waals surface area contributed by atoms with Gasteiger partial charge < -0.3 is 10.0 Å². The number of benzene rings is 1. The predicted molar refractivity (Wildman–Crippen MR) is 102 cm³/mol. The van der Waals surface area contributed by atoms with Crippen LogP contribution in [0.2, 0.25) is 0 Å². The number of aromatic nitrogens is 1. The molecule has 0 saturated carbocycles. The maximum absolute atomic E-state index is 12.9. The average molecular weight is 356 g/mol. The van der Waals surface area contributed by atoms with Gasteiger partial charge in [0.05, 0.1) is 10.7 Å². The van der Waals surface area contributed by atoms with E-state index >= 15 is 0 Å². The topological polar surface area (TPSA) is 53.4 Å². The van der Waals surface area contributed by atoms with Crippen LogP contribution in [0.4, 0.5) is 0 Å². The van der Waals surface area contributed by atoms with Gasteiger partial charge in [-0.2, -0.15) is 0 Å². The summed E-state index contributed by atoms with van der Waals surface area (Å²) in [6.45, 7) is 7.59. The number of amides is 1. The van der Waals surface area contributed by atoms with Crippen molar-refractivity contribution in [3.63, 3.8) is 0 Å². The molecule has 0 radical (unpaired) electrons. The number of aryl methyl sites for hydroxylation is 1. The maximum Gasteiger partial charge on any atom is 0.266 e. The second kappa shape index (κ2) is 7.40. The average Bonchev–Trinajstić information content (AvgIpc) is 2.94. The summed E-state index contributed by atoms with van der Waals surface area (Å²) in [6.07, 6.45) is 3.78. The minimum Gasteiger partial charge on any atom is -0.508 e. The SMILES string of the molecule is Cc1nc(CC(C)C)c(C(=O)N2CC=C(c3ccc(O)cc3)CC2)s1. The molecule has 5 heteroatoms. The van der Waals surface area contributed by atoms with Crippen LogP contribution in [0, 0.1) is 12.8 Å². The van der Waals surface area contributed by atoms with E-state index < -0.39 is 0 Å². The van der Waals surface area contributed by atoms with Gasteiger partial charge in [-0.05, 0) is 49.0 Å². The maximum atomic E-state index is 12.9. The highest BCUT2D eigenvalue weighted by atomic mass is 32.1. The summed E-state index contributed by atoms with van der Waals surface area (Å²) in [5, 5.41) is 10.4. The molecule has 1 aliphatic heterocycles. The molecule has 1 N–H and O–H groups in total. The van der Waals surface area contributed by atoms with Crippen LogP contribution in [0.5, 0.6) is 5.75 Å². The van der Waals surface area contributed by atoms with Crippen LogP contribution in [0.25, 0.3) is 5.57 Å². The number of aromatic hydroxyl groups is 1. The van der Waals surface area contributed by atoms with Crippen molar-refractivity contribution in [1.29, 1.82) is 0 Å². The standard InChI is InChI=1S/C20H24N2O2S/c1-13(2)12-18-19(25-14(3)21-18)20(24)22-10-8-16(9-11-22)15-4-6-17(23)7-5-15/h4-8,13,23H,9-12H2,1-3H3. The fourth-order valence-corrected chi connectivity index (χ4v) is 4.01. The second-order valence-corrected chi connectivity index (χ2v) is 8.09. The quantitative estimate of drug-likeness (QED) is 0.889. The van der Waals surface area contributed by atoms with Crippen LogP contribution in [0.1, 0.15) is 46.2 Å². The molecule has 0 fully saturated rings. The Kier molecular flexibility index (Phi) is 5.23. The van der Waals surface area contributed by atoms with E-state index in [9.17, 15) is 9.90 Å². The van der Waals surface area contributed by atoms with Gasteiger partial charge in [-0.3, -0.25) is 4.79 Å². The summed E-state index contributed by atoms with van der Waals surface area (Å²) in [6, 6.07) is 7.25. The number of carbonyl (C=O) groups excluding carboxylic acids is 1. The van der Waals surface area contributed by atoms with E-state index in [0.717, 1.165) is 34.0 Å². The molecular weight excluding hydrogens is 332 g/mol. The van der Waals surface area contributed by atoms with Gasteiger partial charge in [-0.25, -0.2) is 4.98 Å². The molecule has 0 atom stereocenters. The number of nitrogens with zero attached hydrogens (tertiary/aromatic N) is 2. The Labute approximate surface area is 152 Å². The summed E-state index contributed by atoms with van der Waals surface area (Å²) in [7, 11) is 0. The van der Waals surface area contributed by atoms with Crippen molar-refractivity contribution in [3.05, 3.63) is 51.5 Å². The highest BCUT2D eigenvalue weighted by molar-refractivity contribution is 7.13. The van der Waals surface area contributed by atoms with Crippen LogP contribution >= 0.6 is 11.3 Å². The fourth-order valence-electron chi connectivity index (χ4n) is 3.10. The number of hydrogen-bond donors (Lipinski definition) is 1. The zero-order valence-electron chi connectivity index (χ0n) is 15.0. The molecule has 1 aromatic heterocycles. The van der Waals surface area contributed by atoms with E-state index in [2.05, 4.69) is 24.9 Å². The molecule has 25 heavy (non-hydrogen) atoms. The summed E-state index contributed by atoms with van der Waals surface area (Å²) >= 11 is 1.51. The molecule has 132 valence electrons. The van der Waals surface area contributed by atoms with Crippen molar-refractivity contribution in [2.45, 2.75) is 33.6 Å². The lowest BCUT2D eigenvalue weighted by atomic mass is 9.99. The van der Waals surface area contributed by atoms with Gasteiger partial charge in [0.15, 0.2) is 0 Å². The first-order valence-electron chi connectivity index (χ1n) is 8.68. The van der Waals surface area contributed by atoms with Crippen LogP contribution in [-0.4, -0.2) is 34.0 Å². The molecule has 0 unspecified atom stereocenters. The Morgan fingerprint density at radius 1 is 1.32 bits per heavy atom. The molecule has 0 aliphatic carbocycles. The van der Waals surface area contributed by atoms with E-state index in [0.29, 0.717) is 19.0 Å². The minimum absolute atomic E-state index is 0.0993. The molecule has 1 aliphatic rings. The Bertz CT molecular complexity index is 791. The monoisotopic (exact) mass is 356 g/mol. The van der Waals surface area contributed by atoms with Gasteiger partial charge in [0.1, 0.15) is 10.6 Å². The molecule has 2 aromatic rings. The number of phenolic OH excluding ortho intramolecular Hbond substituents is 1. The van der Waals surface area contributed by atoms with E-state index in [4.69, 9.17) is 0 Å². The fraction of sp³-hybridized carbons (Fsp3) is 0.400. The van der Waals surface area contributed by atoms with E-state index in [1.165, 1.54) is 16.9 Å². The lowest BCUT2D eigenvalue weighted by molar-refractivity contribution is 0.0776. The predicted octanol–water partition coefficient (Wildman–Crippen LogP) is 4.29. The molecule has 2 heterocycles. The molecule has 0 bridgehead atoms. The lowest BCUT2D eigenvalue weighted by Crippen LogP contribution is -2.34. The van der Waals surface area contributed by atoms with E-state index in [1.54, 1.807) is 12.1 Å². The number of thiazole rings is 1. The van der Waals surface area contributed by atoms with Crippen molar-refractivity contribution in [1.82, 2.24) is 9.88 Å². The van der Waals surface area contributed by atoms with Crippen LogP contribution in [0.15, 0.2) is 30.3 Å². The minimum atomic E-state index is 0.0993. The van der Waals surface area contributed by atoms with Crippen LogP contribution < -0.4 is 0 Å². The summed E-state index contributed by atoms with van der Waals surface area (Å²) in [5.74, 6) is 0.855. The number of hydrogen-bond acceptors (Lipinski definition) is 4.